The Bertz CT molecular complexity index is 1730. The fraction of sp³-hybridized carbons (Fsp3) is 0.261. The summed E-state index contributed by atoms with van der Waals surface area (Å²) in [6.07, 6.45) is -4.57. The summed E-state index contributed by atoms with van der Waals surface area (Å²) >= 11 is 0.933. The minimum Gasteiger partial charge on any atom is -0.464 e. The number of benzene rings is 2. The van der Waals surface area contributed by atoms with E-state index in [4.69, 9.17) is 0 Å². The van der Waals surface area contributed by atoms with Gasteiger partial charge in [-0.15, -0.1) is 0 Å². The van der Waals surface area contributed by atoms with Crippen molar-refractivity contribution in [2.75, 3.05) is 7.11 Å². The lowest BCUT2D eigenvalue weighted by Gasteiger charge is -2.18. The maximum Gasteiger partial charge on any atom is 0.416 e. The zero-order valence-electron chi connectivity index (χ0n) is 18.8. The number of thiazole rings is 1. The molecule has 0 bridgehead atoms. The third-order valence-corrected chi connectivity index (χ3v) is 7.26. The molecular formula is C23H17F3N4O5S. The highest BCUT2D eigenvalue weighted by atomic mass is 32.1. The minimum atomic E-state index is -4.60. The van der Waals surface area contributed by atoms with Crippen LogP contribution in [-0.2, 0) is 24.4 Å². The Balaban J connectivity index is 1.77. The quantitative estimate of drug-likeness (QED) is 0.386. The van der Waals surface area contributed by atoms with Gasteiger partial charge in [0.15, 0.2) is 0 Å². The van der Waals surface area contributed by atoms with Crippen molar-refractivity contribution >= 4 is 27.5 Å². The van der Waals surface area contributed by atoms with Gasteiger partial charge in [-0.25, -0.2) is 14.2 Å². The number of rotatable bonds is 3. The molecule has 186 valence electrons. The second kappa shape index (κ2) is 8.29. The molecule has 5 rings (SSSR count). The fourth-order valence-electron chi connectivity index (χ4n) is 4.58. The molecule has 1 aliphatic carbocycles. The Morgan fingerprint density at radius 1 is 1.17 bits per heavy atom. The Labute approximate surface area is 203 Å². The summed E-state index contributed by atoms with van der Waals surface area (Å²) in [5.74, 6) is -1.10. The lowest BCUT2D eigenvalue weighted by Crippen LogP contribution is -2.46. The number of alkyl halides is 3. The van der Waals surface area contributed by atoms with E-state index in [-0.39, 0.29) is 34.5 Å². The molecule has 0 spiro atoms. The number of hydrogen-bond acceptors (Lipinski definition) is 7. The molecule has 2 aromatic carbocycles. The van der Waals surface area contributed by atoms with Crippen LogP contribution >= 0.6 is 11.3 Å². The highest BCUT2D eigenvalue weighted by molar-refractivity contribution is 7.16. The van der Waals surface area contributed by atoms with Gasteiger partial charge in [-0.2, -0.15) is 23.0 Å². The number of halogens is 3. The van der Waals surface area contributed by atoms with Gasteiger partial charge in [0.25, 0.3) is 5.56 Å². The lowest BCUT2D eigenvalue weighted by atomic mass is 10.0. The molecule has 0 N–H and O–H groups in total. The Hall–Kier alpha value is -4.00. The highest BCUT2D eigenvalue weighted by Gasteiger charge is 2.39. The third kappa shape index (κ3) is 3.58. The molecule has 9 nitrogen and oxygen atoms in total. The lowest BCUT2D eigenvalue weighted by molar-refractivity contribution is -0.138. The predicted molar refractivity (Wildman–Crippen MR) is 124 cm³/mol. The molecule has 0 aliphatic heterocycles. The minimum absolute atomic E-state index is 0.000222. The molecule has 13 heteroatoms. The maximum atomic E-state index is 13.6. The van der Waals surface area contributed by atoms with Crippen LogP contribution in [0.3, 0.4) is 0 Å². The van der Waals surface area contributed by atoms with Crippen LogP contribution in [0.5, 0.6) is 0 Å². The first-order chi connectivity index (χ1) is 17.0. The molecule has 0 saturated carbocycles. The van der Waals surface area contributed by atoms with E-state index < -0.39 is 40.7 Å². The molecule has 0 radical (unpaired) electrons. The number of carbonyl (C=O) groups excluding carboxylic acids is 1. The van der Waals surface area contributed by atoms with E-state index in [0.717, 1.165) is 33.8 Å². The van der Waals surface area contributed by atoms with Gasteiger partial charge < -0.3 is 9.30 Å². The second-order valence-corrected chi connectivity index (χ2v) is 9.21. The number of methoxy groups -OCH3 is 1. The van der Waals surface area contributed by atoms with Gasteiger partial charge >= 0.3 is 22.7 Å². The monoisotopic (exact) mass is 518 g/mol. The van der Waals surface area contributed by atoms with Crippen LogP contribution in [0, 0.1) is 0 Å². The first-order valence-corrected chi connectivity index (χ1v) is 11.5. The molecule has 1 aliphatic rings. The number of hydrogen-bond donors (Lipinski definition) is 0. The molecule has 2 aromatic heterocycles. The number of fused-ring (bicyclic) bond motifs is 2. The first kappa shape index (κ1) is 23.7. The van der Waals surface area contributed by atoms with Crippen molar-refractivity contribution < 1.29 is 22.7 Å². The zero-order chi connectivity index (χ0) is 25.9. The van der Waals surface area contributed by atoms with E-state index in [1.807, 2.05) is 0 Å². The van der Waals surface area contributed by atoms with Crippen molar-refractivity contribution in [2.45, 2.75) is 25.1 Å². The van der Waals surface area contributed by atoms with Gasteiger partial charge in [-0.1, -0.05) is 23.5 Å². The zero-order valence-corrected chi connectivity index (χ0v) is 19.6. The standard InChI is InChI=1S/C23H17F3N4O5S/c1-28-16-8-6-11(10-17(16)36-22(28)34)30-21(33)29(19(31)18(27-30)20(32)35-2)15-9-7-12-13(15)4-3-5-14(12)23(24,25)26/h3-6,8,10,15H,7,9H2,1-2H3/t15-/m1/s1. The summed E-state index contributed by atoms with van der Waals surface area (Å²) in [5.41, 5.74) is -2.59. The first-order valence-electron chi connectivity index (χ1n) is 10.7. The van der Waals surface area contributed by atoms with E-state index in [1.165, 1.54) is 28.8 Å². The van der Waals surface area contributed by atoms with Crippen LogP contribution in [0.15, 0.2) is 50.8 Å². The topological polar surface area (TPSA) is 105 Å². The Morgan fingerprint density at radius 3 is 2.61 bits per heavy atom. The van der Waals surface area contributed by atoms with Gasteiger partial charge in [0.1, 0.15) is 0 Å². The Morgan fingerprint density at radius 2 is 1.92 bits per heavy atom. The number of aromatic nitrogens is 4. The van der Waals surface area contributed by atoms with E-state index in [1.54, 1.807) is 13.1 Å². The average Bonchev–Trinajstić information content (AvgIpc) is 3.38. The van der Waals surface area contributed by atoms with Crippen LogP contribution in [0.2, 0.25) is 0 Å². The maximum absolute atomic E-state index is 13.6. The molecule has 0 fully saturated rings. The van der Waals surface area contributed by atoms with Crippen molar-refractivity contribution in [1.29, 1.82) is 0 Å². The summed E-state index contributed by atoms with van der Waals surface area (Å²) < 4.78 is 48.9. The predicted octanol–water partition coefficient (Wildman–Crippen LogP) is 2.65. The van der Waals surface area contributed by atoms with Crippen LogP contribution < -0.4 is 16.1 Å². The third-order valence-electron chi connectivity index (χ3n) is 6.26. The molecule has 0 amide bonds. The van der Waals surface area contributed by atoms with Gasteiger partial charge in [0, 0.05) is 7.05 Å². The number of nitrogens with zero attached hydrogens (tertiary/aromatic N) is 4. The molecular weight excluding hydrogens is 501 g/mol. The van der Waals surface area contributed by atoms with E-state index in [0.29, 0.717) is 10.2 Å². The number of aryl methyl sites for hydroxylation is 1. The normalized spacial score (nSPS) is 15.3. The van der Waals surface area contributed by atoms with Gasteiger partial charge in [0.05, 0.1) is 34.6 Å². The Kier molecular flexibility index (Phi) is 5.47. The summed E-state index contributed by atoms with van der Waals surface area (Å²) in [7, 11) is 2.63. The summed E-state index contributed by atoms with van der Waals surface area (Å²) in [5, 5.41) is 3.93. The summed E-state index contributed by atoms with van der Waals surface area (Å²) in [6, 6.07) is 7.15. The highest BCUT2D eigenvalue weighted by Crippen LogP contribution is 2.41. The molecule has 4 aromatic rings. The van der Waals surface area contributed by atoms with E-state index >= 15 is 0 Å². The van der Waals surface area contributed by atoms with Crippen molar-refractivity contribution in [3.05, 3.63) is 89.3 Å². The second-order valence-electron chi connectivity index (χ2n) is 8.21. The van der Waals surface area contributed by atoms with Gasteiger partial charge in [-0.05, 0) is 48.2 Å². The number of ether oxygens (including phenoxy) is 1. The molecule has 1 atom stereocenters. The van der Waals surface area contributed by atoms with Crippen LogP contribution in [0.25, 0.3) is 15.9 Å². The van der Waals surface area contributed by atoms with Crippen molar-refractivity contribution in [2.24, 2.45) is 7.05 Å². The number of carbonyl (C=O) groups is 1. The van der Waals surface area contributed by atoms with Gasteiger partial charge in [0.2, 0.25) is 5.69 Å². The van der Waals surface area contributed by atoms with Crippen LogP contribution in [0.1, 0.15) is 39.6 Å². The van der Waals surface area contributed by atoms with Crippen molar-refractivity contribution in [3.63, 3.8) is 0 Å². The SMILES string of the molecule is COC(=O)c1nn(-c2ccc3c(c2)sc(=O)n3C)c(=O)n([C@@H]2CCc3c2cccc3C(F)(F)F)c1=O. The molecule has 36 heavy (non-hydrogen) atoms. The van der Waals surface area contributed by atoms with Crippen molar-refractivity contribution in [3.8, 4) is 5.69 Å². The largest absolute Gasteiger partial charge is 0.464 e. The number of esters is 1. The summed E-state index contributed by atoms with van der Waals surface area (Å²) in [4.78, 5) is 51.0. The van der Waals surface area contributed by atoms with Crippen LogP contribution in [-0.4, -0.2) is 32.0 Å². The van der Waals surface area contributed by atoms with Crippen molar-refractivity contribution in [1.82, 2.24) is 18.9 Å². The fourth-order valence-corrected chi connectivity index (χ4v) is 5.49. The van der Waals surface area contributed by atoms with Crippen LogP contribution in [0.4, 0.5) is 13.2 Å². The smallest absolute Gasteiger partial charge is 0.416 e. The van der Waals surface area contributed by atoms with Gasteiger partial charge in [-0.3, -0.25) is 9.59 Å². The average molecular weight is 518 g/mol. The summed E-state index contributed by atoms with van der Waals surface area (Å²) in [6.45, 7) is 0. The van der Waals surface area contributed by atoms with E-state index in [2.05, 4.69) is 9.84 Å². The molecule has 2 heterocycles. The molecule has 0 unspecified atom stereocenters. The molecule has 0 saturated heterocycles. The van der Waals surface area contributed by atoms with E-state index in [9.17, 15) is 32.3 Å².